The lowest BCUT2D eigenvalue weighted by molar-refractivity contribution is -0.120. The van der Waals surface area contributed by atoms with Crippen LogP contribution in [0.25, 0.3) is 0 Å². The van der Waals surface area contributed by atoms with Gasteiger partial charge in [0.25, 0.3) is 5.91 Å². The van der Waals surface area contributed by atoms with Gasteiger partial charge in [0.1, 0.15) is 5.75 Å². The number of ether oxygens (including phenoxy) is 1. The van der Waals surface area contributed by atoms with Crippen molar-refractivity contribution in [3.8, 4) is 5.75 Å². The Bertz CT molecular complexity index is 495. The molecule has 0 radical (unpaired) electrons. The Labute approximate surface area is 112 Å². The molecule has 0 atom stereocenters. The largest absolute Gasteiger partial charge is 0.482 e. The van der Waals surface area contributed by atoms with Gasteiger partial charge in [0.2, 0.25) is 5.91 Å². The number of hydrogen-bond donors (Lipinski definition) is 2. The average Bonchev–Trinajstić information content (AvgIpc) is 2.39. The first kappa shape index (κ1) is 13.4. The molecule has 5 heteroatoms. The Morgan fingerprint density at radius 1 is 1.42 bits per heavy atom. The minimum absolute atomic E-state index is 0.00741. The second-order valence-electron chi connectivity index (χ2n) is 4.55. The van der Waals surface area contributed by atoms with E-state index in [-0.39, 0.29) is 24.3 Å². The summed E-state index contributed by atoms with van der Waals surface area (Å²) in [7, 11) is 0. The van der Waals surface area contributed by atoms with E-state index in [1.807, 2.05) is 13.8 Å². The van der Waals surface area contributed by atoms with Gasteiger partial charge in [0.05, 0.1) is 5.69 Å². The van der Waals surface area contributed by atoms with E-state index in [1.165, 1.54) is 0 Å². The topological polar surface area (TPSA) is 67.4 Å². The van der Waals surface area contributed by atoms with Gasteiger partial charge in [-0.05, 0) is 31.0 Å². The number of carbonyl (C=O) groups is 2. The highest BCUT2D eigenvalue weighted by atomic mass is 16.5. The van der Waals surface area contributed by atoms with E-state index in [0.717, 1.165) is 12.8 Å². The first-order valence-corrected chi connectivity index (χ1v) is 6.51. The maximum absolute atomic E-state index is 12.0. The third-order valence-electron chi connectivity index (χ3n) is 3.24. The van der Waals surface area contributed by atoms with E-state index < -0.39 is 0 Å². The maximum atomic E-state index is 12.0. The van der Waals surface area contributed by atoms with Crippen molar-refractivity contribution in [1.29, 1.82) is 0 Å². The Balaban J connectivity index is 2.12. The standard InChI is InChI=1S/C14H18N2O3/c1-3-9(4-2)14(18)15-10-5-6-12-11(7-10)16-13(17)8-19-12/h5-7,9H,3-4,8H2,1-2H3,(H,15,18)(H,16,17). The van der Waals surface area contributed by atoms with Crippen LogP contribution in [0.1, 0.15) is 26.7 Å². The van der Waals surface area contributed by atoms with Crippen molar-refractivity contribution in [3.05, 3.63) is 18.2 Å². The predicted molar refractivity (Wildman–Crippen MR) is 73.3 cm³/mol. The van der Waals surface area contributed by atoms with Gasteiger partial charge in [-0.2, -0.15) is 0 Å². The molecule has 102 valence electrons. The van der Waals surface area contributed by atoms with Crippen LogP contribution in [0, 0.1) is 5.92 Å². The molecule has 19 heavy (non-hydrogen) atoms. The average molecular weight is 262 g/mol. The highest BCUT2D eigenvalue weighted by molar-refractivity contribution is 5.98. The van der Waals surface area contributed by atoms with Gasteiger partial charge in [0, 0.05) is 11.6 Å². The van der Waals surface area contributed by atoms with Crippen LogP contribution in [-0.4, -0.2) is 18.4 Å². The van der Waals surface area contributed by atoms with Crippen LogP contribution >= 0.6 is 0 Å². The van der Waals surface area contributed by atoms with Gasteiger partial charge in [-0.3, -0.25) is 9.59 Å². The van der Waals surface area contributed by atoms with Crippen LogP contribution in [0.3, 0.4) is 0 Å². The number of hydrogen-bond acceptors (Lipinski definition) is 3. The lowest BCUT2D eigenvalue weighted by atomic mass is 10.0. The minimum Gasteiger partial charge on any atom is -0.482 e. The number of anilines is 2. The summed E-state index contributed by atoms with van der Waals surface area (Å²) in [5.74, 6) is 0.464. The summed E-state index contributed by atoms with van der Waals surface area (Å²) in [5.41, 5.74) is 1.26. The molecule has 5 nitrogen and oxygen atoms in total. The van der Waals surface area contributed by atoms with Crippen molar-refractivity contribution in [3.63, 3.8) is 0 Å². The van der Waals surface area contributed by atoms with Crippen LogP contribution in [0.4, 0.5) is 11.4 Å². The lowest BCUT2D eigenvalue weighted by Crippen LogP contribution is -2.26. The van der Waals surface area contributed by atoms with Crippen molar-refractivity contribution < 1.29 is 14.3 Å². The zero-order valence-electron chi connectivity index (χ0n) is 11.2. The fourth-order valence-corrected chi connectivity index (χ4v) is 2.06. The van der Waals surface area contributed by atoms with E-state index in [2.05, 4.69) is 10.6 Å². The Kier molecular flexibility index (Phi) is 4.04. The van der Waals surface area contributed by atoms with Gasteiger partial charge >= 0.3 is 0 Å². The Hall–Kier alpha value is -2.04. The highest BCUT2D eigenvalue weighted by Gasteiger charge is 2.18. The lowest BCUT2D eigenvalue weighted by Gasteiger charge is -2.19. The van der Waals surface area contributed by atoms with Gasteiger partial charge in [0.15, 0.2) is 6.61 Å². The molecular formula is C14H18N2O3. The van der Waals surface area contributed by atoms with Crippen molar-refractivity contribution >= 4 is 23.2 Å². The van der Waals surface area contributed by atoms with E-state index in [1.54, 1.807) is 18.2 Å². The van der Waals surface area contributed by atoms with Crippen molar-refractivity contribution in [2.75, 3.05) is 17.2 Å². The first-order valence-electron chi connectivity index (χ1n) is 6.51. The molecule has 0 unspecified atom stereocenters. The number of fused-ring (bicyclic) bond motifs is 1. The molecule has 1 aromatic rings. The number of amides is 2. The van der Waals surface area contributed by atoms with E-state index in [4.69, 9.17) is 4.74 Å². The van der Waals surface area contributed by atoms with Gasteiger partial charge < -0.3 is 15.4 Å². The van der Waals surface area contributed by atoms with Gasteiger partial charge in [-0.15, -0.1) is 0 Å². The molecule has 2 N–H and O–H groups in total. The number of benzene rings is 1. The fraction of sp³-hybridized carbons (Fsp3) is 0.429. The summed E-state index contributed by atoms with van der Waals surface area (Å²) in [6, 6.07) is 5.24. The molecule has 1 aliphatic heterocycles. The monoisotopic (exact) mass is 262 g/mol. The SMILES string of the molecule is CCC(CC)C(=O)Nc1ccc2c(c1)NC(=O)CO2. The quantitative estimate of drug-likeness (QED) is 0.875. The summed E-state index contributed by atoms with van der Waals surface area (Å²) in [5, 5.41) is 5.58. The fourth-order valence-electron chi connectivity index (χ4n) is 2.06. The van der Waals surface area contributed by atoms with Gasteiger partial charge in [-0.25, -0.2) is 0 Å². The van der Waals surface area contributed by atoms with Crippen LogP contribution in [0.5, 0.6) is 5.75 Å². The molecule has 1 heterocycles. The third-order valence-corrected chi connectivity index (χ3v) is 3.24. The zero-order valence-corrected chi connectivity index (χ0v) is 11.2. The molecular weight excluding hydrogens is 244 g/mol. The first-order chi connectivity index (χ1) is 9.13. The molecule has 0 fully saturated rings. The molecule has 0 bridgehead atoms. The van der Waals surface area contributed by atoms with Crippen LogP contribution in [-0.2, 0) is 9.59 Å². The maximum Gasteiger partial charge on any atom is 0.262 e. The smallest absolute Gasteiger partial charge is 0.262 e. The van der Waals surface area contributed by atoms with Crippen LogP contribution < -0.4 is 15.4 Å². The molecule has 0 saturated heterocycles. The molecule has 2 rings (SSSR count). The van der Waals surface area contributed by atoms with Crippen LogP contribution in [0.2, 0.25) is 0 Å². The van der Waals surface area contributed by atoms with Gasteiger partial charge in [-0.1, -0.05) is 13.8 Å². The van der Waals surface area contributed by atoms with Crippen molar-refractivity contribution in [2.45, 2.75) is 26.7 Å². The van der Waals surface area contributed by atoms with E-state index in [9.17, 15) is 9.59 Å². The predicted octanol–water partition coefficient (Wildman–Crippen LogP) is 2.39. The molecule has 0 aliphatic carbocycles. The normalized spacial score (nSPS) is 13.5. The third kappa shape index (κ3) is 3.05. The second kappa shape index (κ2) is 5.73. The van der Waals surface area contributed by atoms with E-state index in [0.29, 0.717) is 17.1 Å². The molecule has 0 spiro atoms. The summed E-state index contributed by atoms with van der Waals surface area (Å²) >= 11 is 0. The second-order valence-corrected chi connectivity index (χ2v) is 4.55. The summed E-state index contributed by atoms with van der Waals surface area (Å²) < 4.78 is 5.26. The van der Waals surface area contributed by atoms with E-state index >= 15 is 0 Å². The van der Waals surface area contributed by atoms with Crippen molar-refractivity contribution in [1.82, 2.24) is 0 Å². The zero-order chi connectivity index (χ0) is 13.8. The summed E-state index contributed by atoms with van der Waals surface area (Å²) in [6.07, 6.45) is 1.63. The minimum atomic E-state index is -0.184. The molecule has 0 saturated carbocycles. The number of nitrogens with one attached hydrogen (secondary N) is 2. The Morgan fingerprint density at radius 3 is 2.84 bits per heavy atom. The molecule has 0 aromatic heterocycles. The molecule has 2 amide bonds. The van der Waals surface area contributed by atoms with Crippen LogP contribution in [0.15, 0.2) is 18.2 Å². The van der Waals surface area contributed by atoms with Crippen molar-refractivity contribution in [2.24, 2.45) is 5.92 Å². The highest BCUT2D eigenvalue weighted by Crippen LogP contribution is 2.30. The molecule has 1 aromatic carbocycles. The number of carbonyl (C=O) groups excluding carboxylic acids is 2. The summed E-state index contributed by atoms with van der Waals surface area (Å²) in [6.45, 7) is 4.02. The number of rotatable bonds is 4. The molecule has 1 aliphatic rings. The summed E-state index contributed by atoms with van der Waals surface area (Å²) in [4.78, 5) is 23.2. The Morgan fingerprint density at radius 2 is 2.16 bits per heavy atom.